The second kappa shape index (κ2) is 24.9. The van der Waals surface area contributed by atoms with E-state index in [1.54, 1.807) is 6.07 Å². The predicted octanol–water partition coefficient (Wildman–Crippen LogP) is 11.9. The Morgan fingerprint density at radius 2 is 0.857 bits per heavy atom. The zero-order chi connectivity index (χ0) is 34.8. The molecule has 0 unspecified atom stereocenters. The van der Waals surface area contributed by atoms with Gasteiger partial charge in [0.25, 0.3) is 0 Å². The van der Waals surface area contributed by atoms with Crippen molar-refractivity contribution in [2.24, 2.45) is 0 Å². The molecule has 6 nitrogen and oxygen atoms in total. The van der Waals surface area contributed by atoms with Gasteiger partial charge in [-0.15, -0.1) is 13.2 Å². The molecular formula is C43H58O6. The van der Waals surface area contributed by atoms with Gasteiger partial charge in [-0.1, -0.05) is 101 Å². The number of aromatic carboxylic acids is 1. The molecule has 49 heavy (non-hydrogen) atoms. The Balaban J connectivity index is 1.35. The average molecular weight is 671 g/mol. The number of carboxylic acid groups (broad SMARTS) is 1. The molecule has 0 radical (unpaired) electrons. The molecule has 1 N–H and O–H groups in total. The molecule has 0 saturated carbocycles. The van der Waals surface area contributed by atoms with Crippen LogP contribution in [0.15, 0.2) is 92.0 Å². The molecule has 0 amide bonds. The summed E-state index contributed by atoms with van der Waals surface area (Å²) >= 11 is 0. The number of carbonyl (C=O) groups is 1. The fraction of sp³-hybridized carbons (Fsp3) is 0.465. The molecule has 0 aliphatic rings. The first-order chi connectivity index (χ1) is 24.1. The number of rotatable bonds is 29. The molecule has 0 aliphatic heterocycles. The summed E-state index contributed by atoms with van der Waals surface area (Å²) in [6.07, 6.45) is 23.5. The zero-order valence-electron chi connectivity index (χ0n) is 29.6. The van der Waals surface area contributed by atoms with E-state index in [1.165, 1.54) is 89.2 Å². The van der Waals surface area contributed by atoms with E-state index < -0.39 is 5.97 Å². The average Bonchev–Trinajstić information content (AvgIpc) is 3.12. The number of allylic oxidation sites excluding steroid dienone is 2. The van der Waals surface area contributed by atoms with Gasteiger partial charge in [0.2, 0.25) is 0 Å². The highest BCUT2D eigenvalue weighted by Gasteiger charge is 2.10. The molecule has 3 aromatic rings. The van der Waals surface area contributed by atoms with Crippen LogP contribution in [-0.4, -0.2) is 24.3 Å². The van der Waals surface area contributed by atoms with Crippen molar-refractivity contribution >= 4 is 5.97 Å². The van der Waals surface area contributed by atoms with Crippen molar-refractivity contribution in [1.29, 1.82) is 0 Å². The lowest BCUT2D eigenvalue weighted by molar-refractivity contribution is 0.0695. The van der Waals surface area contributed by atoms with Crippen LogP contribution in [0.5, 0.6) is 23.0 Å². The quantitative estimate of drug-likeness (QED) is 0.0585. The van der Waals surface area contributed by atoms with E-state index in [1.807, 2.05) is 60.7 Å². The zero-order valence-corrected chi connectivity index (χ0v) is 29.6. The van der Waals surface area contributed by atoms with Crippen LogP contribution in [0.1, 0.15) is 124 Å². The van der Waals surface area contributed by atoms with Crippen LogP contribution in [0.3, 0.4) is 0 Å². The van der Waals surface area contributed by atoms with Crippen LogP contribution in [0.25, 0.3) is 0 Å². The Morgan fingerprint density at radius 3 is 1.22 bits per heavy atom. The van der Waals surface area contributed by atoms with Gasteiger partial charge in [0.05, 0.1) is 18.8 Å². The topological polar surface area (TPSA) is 74.2 Å². The fourth-order valence-corrected chi connectivity index (χ4v) is 5.49. The molecule has 0 aromatic heterocycles. The predicted molar refractivity (Wildman–Crippen MR) is 200 cm³/mol. The van der Waals surface area contributed by atoms with Crippen molar-refractivity contribution in [3.8, 4) is 23.0 Å². The van der Waals surface area contributed by atoms with E-state index in [4.69, 9.17) is 18.9 Å². The first kappa shape index (κ1) is 39.3. The van der Waals surface area contributed by atoms with Crippen molar-refractivity contribution in [3.05, 3.63) is 109 Å². The van der Waals surface area contributed by atoms with Crippen LogP contribution in [0.4, 0.5) is 0 Å². The molecule has 266 valence electrons. The van der Waals surface area contributed by atoms with Gasteiger partial charge in [-0.2, -0.15) is 0 Å². The number of carboxylic acids is 1. The standard InChI is InChI=1S/C43H58O6/c1-3-5-7-9-11-13-15-17-19-29-46-39-25-21-36(22-26-39)34-48-41-31-38(43(44)45)32-42(33-41)49-35-37-23-27-40(28-24-37)47-30-20-18-16-14-12-10-8-6-4-2/h3-4,21-28,31-33H,1-2,5-20,29-30,34-35H2,(H,44,45). The second-order valence-electron chi connectivity index (χ2n) is 12.7. The highest BCUT2D eigenvalue weighted by atomic mass is 16.5. The Labute approximate surface area is 295 Å². The second-order valence-corrected chi connectivity index (χ2v) is 12.7. The smallest absolute Gasteiger partial charge is 0.335 e. The molecule has 0 saturated heterocycles. The molecule has 0 aliphatic carbocycles. The maximum absolute atomic E-state index is 11.8. The van der Waals surface area contributed by atoms with Crippen molar-refractivity contribution in [2.45, 2.75) is 116 Å². The maximum atomic E-state index is 11.8. The lowest BCUT2D eigenvalue weighted by Crippen LogP contribution is -2.03. The highest BCUT2D eigenvalue weighted by molar-refractivity contribution is 5.88. The summed E-state index contributed by atoms with van der Waals surface area (Å²) in [4.78, 5) is 11.8. The van der Waals surface area contributed by atoms with Gasteiger partial charge in [-0.25, -0.2) is 4.79 Å². The lowest BCUT2D eigenvalue weighted by Gasteiger charge is -2.12. The van der Waals surface area contributed by atoms with Gasteiger partial charge in [0.15, 0.2) is 0 Å². The highest BCUT2D eigenvalue weighted by Crippen LogP contribution is 2.26. The third kappa shape index (κ3) is 17.7. The summed E-state index contributed by atoms with van der Waals surface area (Å²) in [5.74, 6) is 1.52. The number of unbranched alkanes of at least 4 members (excludes halogenated alkanes) is 14. The minimum Gasteiger partial charge on any atom is -0.494 e. The Kier molecular flexibility index (Phi) is 19.9. The van der Waals surface area contributed by atoms with E-state index in [-0.39, 0.29) is 5.56 Å². The van der Waals surface area contributed by atoms with Crippen LogP contribution in [0.2, 0.25) is 0 Å². The number of hydrogen-bond donors (Lipinski definition) is 1. The van der Waals surface area contributed by atoms with Crippen LogP contribution < -0.4 is 18.9 Å². The van der Waals surface area contributed by atoms with Gasteiger partial charge >= 0.3 is 5.97 Å². The van der Waals surface area contributed by atoms with Crippen molar-refractivity contribution in [1.82, 2.24) is 0 Å². The Hall–Kier alpha value is -4.19. The van der Waals surface area contributed by atoms with Gasteiger partial charge in [-0.05, 0) is 86.1 Å². The minimum absolute atomic E-state index is 0.111. The van der Waals surface area contributed by atoms with Crippen molar-refractivity contribution in [3.63, 3.8) is 0 Å². The SMILES string of the molecule is C=CCCCCCCCCCOc1ccc(COc2cc(OCc3ccc(OCCCCCCCCCC=C)cc3)cc(C(=O)O)c2)cc1. The van der Waals surface area contributed by atoms with Gasteiger partial charge < -0.3 is 24.1 Å². The van der Waals surface area contributed by atoms with E-state index in [2.05, 4.69) is 13.2 Å². The monoisotopic (exact) mass is 670 g/mol. The van der Waals surface area contributed by atoms with E-state index in [9.17, 15) is 9.90 Å². The van der Waals surface area contributed by atoms with E-state index in [0.29, 0.717) is 37.9 Å². The molecule has 0 bridgehead atoms. The summed E-state index contributed by atoms with van der Waals surface area (Å²) in [5.41, 5.74) is 2.04. The van der Waals surface area contributed by atoms with Crippen LogP contribution in [-0.2, 0) is 13.2 Å². The minimum atomic E-state index is -1.04. The van der Waals surface area contributed by atoms with Gasteiger partial charge in [0.1, 0.15) is 36.2 Å². The first-order valence-corrected chi connectivity index (χ1v) is 18.4. The Bertz CT molecular complexity index is 1240. The van der Waals surface area contributed by atoms with Crippen LogP contribution >= 0.6 is 0 Å². The summed E-state index contributed by atoms with van der Waals surface area (Å²) in [6.45, 7) is 9.58. The first-order valence-electron chi connectivity index (χ1n) is 18.4. The Morgan fingerprint density at radius 1 is 0.490 bits per heavy atom. The lowest BCUT2D eigenvalue weighted by atomic mass is 10.1. The third-order valence-corrected chi connectivity index (χ3v) is 8.43. The summed E-state index contributed by atoms with van der Waals surface area (Å²) in [5, 5.41) is 9.66. The van der Waals surface area contributed by atoms with Crippen molar-refractivity contribution < 1.29 is 28.8 Å². The van der Waals surface area contributed by atoms with Gasteiger partial charge in [-0.3, -0.25) is 0 Å². The molecule has 3 rings (SSSR count). The number of hydrogen-bond acceptors (Lipinski definition) is 5. The number of ether oxygens (including phenoxy) is 4. The largest absolute Gasteiger partial charge is 0.494 e. The fourth-order valence-electron chi connectivity index (χ4n) is 5.49. The summed E-state index contributed by atoms with van der Waals surface area (Å²) in [7, 11) is 0. The molecule has 3 aromatic carbocycles. The molecule has 0 spiro atoms. The third-order valence-electron chi connectivity index (χ3n) is 8.43. The normalized spacial score (nSPS) is 10.8. The van der Waals surface area contributed by atoms with Crippen LogP contribution in [0, 0.1) is 0 Å². The maximum Gasteiger partial charge on any atom is 0.335 e. The molecule has 6 heteroatoms. The molecule has 0 atom stereocenters. The molecular weight excluding hydrogens is 612 g/mol. The summed E-state index contributed by atoms with van der Waals surface area (Å²) in [6, 6.07) is 20.4. The molecule has 0 heterocycles. The summed E-state index contributed by atoms with van der Waals surface area (Å²) < 4.78 is 23.8. The van der Waals surface area contributed by atoms with Crippen molar-refractivity contribution in [2.75, 3.05) is 13.2 Å². The van der Waals surface area contributed by atoms with Gasteiger partial charge in [0, 0.05) is 6.07 Å². The molecule has 0 fully saturated rings. The number of benzene rings is 3. The van der Waals surface area contributed by atoms with E-state index in [0.717, 1.165) is 48.3 Å². The van der Waals surface area contributed by atoms with E-state index >= 15 is 0 Å².